The van der Waals surface area contributed by atoms with Crippen molar-refractivity contribution in [1.82, 2.24) is 19.6 Å². The van der Waals surface area contributed by atoms with Crippen LogP contribution in [0.15, 0.2) is 22.9 Å². The molecule has 19 heavy (non-hydrogen) atoms. The molecule has 0 aromatic carbocycles. The molecule has 1 atom stereocenters. The lowest BCUT2D eigenvalue weighted by Crippen LogP contribution is -2.35. The van der Waals surface area contributed by atoms with E-state index in [2.05, 4.69) is 44.9 Å². The molecule has 100 valence electrons. The van der Waals surface area contributed by atoms with Gasteiger partial charge in [0.15, 0.2) is 5.82 Å². The normalized spacial score (nSPS) is 23.5. The monoisotopic (exact) mass is 258 g/mol. The Morgan fingerprint density at radius 3 is 3.11 bits per heavy atom. The number of aromatic nitrogens is 3. The molecule has 5 heteroatoms. The van der Waals surface area contributed by atoms with Crippen molar-refractivity contribution in [2.45, 2.75) is 44.8 Å². The highest BCUT2D eigenvalue weighted by Gasteiger charge is 2.30. The molecule has 0 N–H and O–H groups in total. The number of hydrogen-bond donors (Lipinski definition) is 0. The lowest BCUT2D eigenvalue weighted by Gasteiger charge is -2.33. The van der Waals surface area contributed by atoms with Gasteiger partial charge in [0.25, 0.3) is 0 Å². The van der Waals surface area contributed by atoms with Crippen molar-refractivity contribution in [2.75, 3.05) is 6.54 Å². The minimum Gasteiger partial charge on any atom is -0.349 e. The van der Waals surface area contributed by atoms with Crippen LogP contribution in [0.3, 0.4) is 0 Å². The van der Waals surface area contributed by atoms with Crippen LogP contribution in [0.5, 0.6) is 0 Å². The van der Waals surface area contributed by atoms with Gasteiger partial charge in [0, 0.05) is 36.9 Å². The van der Waals surface area contributed by atoms with Crippen molar-refractivity contribution < 1.29 is 4.52 Å². The first kappa shape index (κ1) is 11.2. The highest BCUT2D eigenvalue weighted by atomic mass is 16.5. The van der Waals surface area contributed by atoms with Gasteiger partial charge in [0.2, 0.25) is 5.89 Å². The minimum absolute atomic E-state index is 0.403. The first-order valence-corrected chi connectivity index (χ1v) is 7.03. The zero-order chi connectivity index (χ0) is 12.8. The highest BCUT2D eigenvalue weighted by Crippen LogP contribution is 2.38. The maximum absolute atomic E-state index is 5.38. The Morgan fingerprint density at radius 2 is 2.26 bits per heavy atom. The molecule has 0 saturated heterocycles. The van der Waals surface area contributed by atoms with E-state index in [-0.39, 0.29) is 0 Å². The Morgan fingerprint density at radius 1 is 1.37 bits per heavy atom. The number of fused-ring (bicyclic) bond motifs is 1. The van der Waals surface area contributed by atoms with Crippen molar-refractivity contribution in [3.05, 3.63) is 35.7 Å². The average Bonchev–Trinajstić information content (AvgIpc) is 2.98. The van der Waals surface area contributed by atoms with Crippen LogP contribution >= 0.6 is 0 Å². The Balaban J connectivity index is 1.50. The summed E-state index contributed by atoms with van der Waals surface area (Å²) in [6.07, 6.45) is 4.58. The molecule has 0 bridgehead atoms. The van der Waals surface area contributed by atoms with Gasteiger partial charge >= 0.3 is 0 Å². The lowest BCUT2D eigenvalue weighted by atomic mass is 10.1. The third-order valence-electron chi connectivity index (χ3n) is 4.23. The molecule has 0 radical (unpaired) electrons. The molecule has 3 heterocycles. The van der Waals surface area contributed by atoms with E-state index in [0.29, 0.717) is 12.0 Å². The molecule has 0 amide bonds. The first-order valence-electron chi connectivity index (χ1n) is 7.03. The number of nitrogens with zero attached hydrogens (tertiary/aromatic N) is 4. The molecule has 1 fully saturated rings. The van der Waals surface area contributed by atoms with E-state index in [0.717, 1.165) is 31.3 Å². The second kappa shape index (κ2) is 4.20. The molecule has 2 aliphatic rings. The van der Waals surface area contributed by atoms with E-state index < -0.39 is 0 Å². The molecule has 2 aromatic heterocycles. The van der Waals surface area contributed by atoms with Crippen LogP contribution in [-0.2, 0) is 13.1 Å². The summed E-state index contributed by atoms with van der Waals surface area (Å²) in [6, 6.07) is 4.72. The second-order valence-electron chi connectivity index (χ2n) is 5.59. The van der Waals surface area contributed by atoms with Gasteiger partial charge in [-0.05, 0) is 31.9 Å². The highest BCUT2D eigenvalue weighted by molar-refractivity contribution is 5.14. The van der Waals surface area contributed by atoms with Crippen LogP contribution < -0.4 is 0 Å². The number of rotatable bonds is 3. The Kier molecular flexibility index (Phi) is 2.48. The summed E-state index contributed by atoms with van der Waals surface area (Å²) in [4.78, 5) is 6.92. The fourth-order valence-corrected chi connectivity index (χ4v) is 2.86. The zero-order valence-electron chi connectivity index (χ0n) is 11.1. The van der Waals surface area contributed by atoms with Crippen molar-refractivity contribution in [3.8, 4) is 0 Å². The Labute approximate surface area is 112 Å². The van der Waals surface area contributed by atoms with E-state index in [1.165, 1.54) is 18.5 Å². The number of hydrogen-bond acceptors (Lipinski definition) is 4. The van der Waals surface area contributed by atoms with E-state index >= 15 is 0 Å². The summed E-state index contributed by atoms with van der Waals surface area (Å²) < 4.78 is 7.70. The van der Waals surface area contributed by atoms with Crippen LogP contribution in [0.4, 0.5) is 0 Å². The van der Waals surface area contributed by atoms with Gasteiger partial charge in [-0.25, -0.2) is 0 Å². The van der Waals surface area contributed by atoms with E-state index in [9.17, 15) is 0 Å². The molecule has 0 spiro atoms. The van der Waals surface area contributed by atoms with Crippen LogP contribution in [0.1, 0.15) is 49.1 Å². The molecule has 5 nitrogen and oxygen atoms in total. The third-order valence-corrected chi connectivity index (χ3v) is 4.23. The predicted molar refractivity (Wildman–Crippen MR) is 69.5 cm³/mol. The van der Waals surface area contributed by atoms with Gasteiger partial charge in [-0.2, -0.15) is 4.98 Å². The molecule has 1 aliphatic carbocycles. The maximum atomic E-state index is 5.38. The third kappa shape index (κ3) is 1.98. The topological polar surface area (TPSA) is 47.1 Å². The van der Waals surface area contributed by atoms with Gasteiger partial charge < -0.3 is 9.09 Å². The fourth-order valence-electron chi connectivity index (χ4n) is 2.86. The lowest BCUT2D eigenvalue weighted by molar-refractivity contribution is 0.141. The van der Waals surface area contributed by atoms with E-state index in [1.807, 2.05) is 0 Å². The summed E-state index contributed by atoms with van der Waals surface area (Å²) in [7, 11) is 0. The summed E-state index contributed by atoms with van der Waals surface area (Å²) in [6.45, 7) is 5.06. The SMILES string of the molecule is C[C@@H]1c2cccn2CCN1Cc1nc(C2CC2)no1. The first-order chi connectivity index (χ1) is 9.31. The van der Waals surface area contributed by atoms with Crippen molar-refractivity contribution in [1.29, 1.82) is 0 Å². The van der Waals surface area contributed by atoms with Gasteiger partial charge in [-0.3, -0.25) is 4.90 Å². The van der Waals surface area contributed by atoms with Crippen molar-refractivity contribution in [3.63, 3.8) is 0 Å². The standard InChI is InChI=1S/C14H18N4O/c1-10-12-3-2-6-17(12)7-8-18(10)9-13-15-14(16-19-13)11-4-5-11/h2-3,6,10-11H,4-5,7-9H2,1H3/t10-/m1/s1. The Hall–Kier alpha value is -1.62. The smallest absolute Gasteiger partial charge is 0.240 e. The van der Waals surface area contributed by atoms with E-state index in [4.69, 9.17) is 4.52 Å². The molecular weight excluding hydrogens is 240 g/mol. The zero-order valence-corrected chi connectivity index (χ0v) is 11.1. The van der Waals surface area contributed by atoms with Crippen LogP contribution in [-0.4, -0.2) is 26.2 Å². The van der Waals surface area contributed by atoms with Crippen molar-refractivity contribution in [2.24, 2.45) is 0 Å². The van der Waals surface area contributed by atoms with Crippen molar-refractivity contribution >= 4 is 0 Å². The molecule has 4 rings (SSSR count). The molecule has 0 unspecified atom stereocenters. The second-order valence-corrected chi connectivity index (χ2v) is 5.59. The van der Waals surface area contributed by atoms with Gasteiger partial charge in [-0.15, -0.1) is 0 Å². The van der Waals surface area contributed by atoms with Crippen LogP contribution in [0.2, 0.25) is 0 Å². The maximum Gasteiger partial charge on any atom is 0.240 e. The summed E-state index contributed by atoms with van der Waals surface area (Å²) >= 11 is 0. The molecule has 1 aliphatic heterocycles. The molecule has 2 aromatic rings. The summed E-state index contributed by atoms with van der Waals surface area (Å²) in [5, 5.41) is 4.09. The van der Waals surface area contributed by atoms with Crippen LogP contribution in [0.25, 0.3) is 0 Å². The fraction of sp³-hybridized carbons (Fsp3) is 0.571. The minimum atomic E-state index is 0.403. The van der Waals surface area contributed by atoms with Gasteiger partial charge in [-0.1, -0.05) is 5.16 Å². The summed E-state index contributed by atoms with van der Waals surface area (Å²) in [5.74, 6) is 2.23. The van der Waals surface area contributed by atoms with Crippen LogP contribution in [0, 0.1) is 0 Å². The average molecular weight is 258 g/mol. The molecule has 1 saturated carbocycles. The van der Waals surface area contributed by atoms with E-state index in [1.54, 1.807) is 0 Å². The largest absolute Gasteiger partial charge is 0.349 e. The summed E-state index contributed by atoms with van der Waals surface area (Å²) in [5.41, 5.74) is 1.37. The van der Waals surface area contributed by atoms with Gasteiger partial charge in [0.1, 0.15) is 0 Å². The molecular formula is C14H18N4O. The predicted octanol–water partition coefficient (Wildman–Crippen LogP) is 2.33. The van der Waals surface area contributed by atoms with Gasteiger partial charge in [0.05, 0.1) is 6.54 Å². The Bertz CT molecular complexity index is 584. The quantitative estimate of drug-likeness (QED) is 0.847.